The number of ether oxygens (including phenoxy) is 1. The molecule has 0 bridgehead atoms. The van der Waals surface area contributed by atoms with Crippen LogP contribution in [0.5, 0.6) is 0 Å². The van der Waals surface area contributed by atoms with Gasteiger partial charge in [-0.05, 0) is 13.3 Å². The SMILES string of the molecule is CCOCCCNc1ncc(N)c(=O)[nH]1. The molecule has 0 aliphatic heterocycles. The number of anilines is 2. The van der Waals surface area contributed by atoms with E-state index >= 15 is 0 Å². The van der Waals surface area contributed by atoms with Gasteiger partial charge < -0.3 is 15.8 Å². The lowest BCUT2D eigenvalue weighted by Crippen LogP contribution is -2.16. The van der Waals surface area contributed by atoms with Crippen molar-refractivity contribution >= 4 is 11.6 Å². The summed E-state index contributed by atoms with van der Waals surface area (Å²) in [4.78, 5) is 17.5. The van der Waals surface area contributed by atoms with E-state index in [1.54, 1.807) is 0 Å². The molecule has 0 aliphatic rings. The van der Waals surface area contributed by atoms with Gasteiger partial charge in [-0.15, -0.1) is 0 Å². The maximum Gasteiger partial charge on any atom is 0.275 e. The second kappa shape index (κ2) is 6.02. The lowest BCUT2D eigenvalue weighted by atomic mass is 10.4. The number of aromatic amines is 1. The van der Waals surface area contributed by atoms with Crippen LogP contribution in [0, 0.1) is 0 Å². The zero-order chi connectivity index (χ0) is 11.1. The van der Waals surface area contributed by atoms with E-state index in [2.05, 4.69) is 15.3 Å². The Morgan fingerprint density at radius 1 is 1.67 bits per heavy atom. The molecule has 0 unspecified atom stereocenters. The first-order valence-corrected chi connectivity index (χ1v) is 4.90. The van der Waals surface area contributed by atoms with E-state index in [1.165, 1.54) is 6.20 Å². The van der Waals surface area contributed by atoms with Crippen molar-refractivity contribution in [1.29, 1.82) is 0 Å². The first-order chi connectivity index (χ1) is 7.24. The number of nitrogens with two attached hydrogens (primary N) is 1. The van der Waals surface area contributed by atoms with E-state index in [9.17, 15) is 4.79 Å². The zero-order valence-electron chi connectivity index (χ0n) is 8.75. The Labute approximate surface area is 87.9 Å². The van der Waals surface area contributed by atoms with Crippen LogP contribution in [0.2, 0.25) is 0 Å². The Bertz CT molecular complexity index is 350. The minimum Gasteiger partial charge on any atom is -0.393 e. The molecule has 6 nitrogen and oxygen atoms in total. The van der Waals surface area contributed by atoms with Gasteiger partial charge in [0.25, 0.3) is 5.56 Å². The van der Waals surface area contributed by atoms with Crippen molar-refractivity contribution in [1.82, 2.24) is 9.97 Å². The predicted octanol–water partition coefficient (Wildman–Crippen LogP) is 0.191. The van der Waals surface area contributed by atoms with E-state index in [-0.39, 0.29) is 11.2 Å². The molecule has 0 saturated heterocycles. The van der Waals surface area contributed by atoms with Crippen LogP contribution in [0.1, 0.15) is 13.3 Å². The summed E-state index contributed by atoms with van der Waals surface area (Å²) in [5.74, 6) is 0.436. The maximum atomic E-state index is 11.1. The molecular formula is C9H16N4O2. The summed E-state index contributed by atoms with van der Waals surface area (Å²) in [5.41, 5.74) is 5.13. The molecule has 0 saturated carbocycles. The number of hydrogen-bond acceptors (Lipinski definition) is 5. The second-order valence-electron chi connectivity index (χ2n) is 2.99. The highest BCUT2D eigenvalue weighted by atomic mass is 16.5. The van der Waals surface area contributed by atoms with Crippen molar-refractivity contribution < 1.29 is 4.74 Å². The van der Waals surface area contributed by atoms with Crippen LogP contribution in [-0.4, -0.2) is 29.7 Å². The van der Waals surface area contributed by atoms with Crippen molar-refractivity contribution in [2.75, 3.05) is 30.8 Å². The molecule has 4 N–H and O–H groups in total. The van der Waals surface area contributed by atoms with Crippen molar-refractivity contribution in [3.05, 3.63) is 16.6 Å². The summed E-state index contributed by atoms with van der Waals surface area (Å²) in [7, 11) is 0. The monoisotopic (exact) mass is 212 g/mol. The van der Waals surface area contributed by atoms with Gasteiger partial charge in [-0.3, -0.25) is 9.78 Å². The summed E-state index contributed by atoms with van der Waals surface area (Å²) in [6.07, 6.45) is 2.20. The molecule has 0 amide bonds. The summed E-state index contributed by atoms with van der Waals surface area (Å²) < 4.78 is 5.16. The van der Waals surface area contributed by atoms with Crippen molar-refractivity contribution in [2.24, 2.45) is 0 Å². The van der Waals surface area contributed by atoms with Crippen LogP contribution in [0.25, 0.3) is 0 Å². The largest absolute Gasteiger partial charge is 0.393 e. The van der Waals surface area contributed by atoms with Crippen molar-refractivity contribution in [3.8, 4) is 0 Å². The van der Waals surface area contributed by atoms with Crippen LogP contribution < -0.4 is 16.6 Å². The van der Waals surface area contributed by atoms with Gasteiger partial charge in [0.2, 0.25) is 5.95 Å². The summed E-state index contributed by atoms with van der Waals surface area (Å²) in [5, 5.41) is 2.97. The van der Waals surface area contributed by atoms with E-state index in [0.29, 0.717) is 19.1 Å². The van der Waals surface area contributed by atoms with Crippen LogP contribution >= 0.6 is 0 Å². The molecule has 15 heavy (non-hydrogen) atoms. The number of hydrogen-bond donors (Lipinski definition) is 3. The average Bonchev–Trinajstić information content (AvgIpc) is 2.23. The van der Waals surface area contributed by atoms with Gasteiger partial charge >= 0.3 is 0 Å². The Hall–Kier alpha value is -1.56. The number of nitrogen functional groups attached to an aromatic ring is 1. The minimum atomic E-state index is -0.322. The van der Waals surface area contributed by atoms with Crippen LogP contribution in [0.15, 0.2) is 11.0 Å². The van der Waals surface area contributed by atoms with Crippen molar-refractivity contribution in [2.45, 2.75) is 13.3 Å². The van der Waals surface area contributed by atoms with E-state index in [1.807, 2.05) is 6.92 Å². The molecule has 1 rings (SSSR count). The smallest absolute Gasteiger partial charge is 0.275 e. The number of nitrogens with one attached hydrogen (secondary N) is 2. The topological polar surface area (TPSA) is 93.0 Å². The molecular weight excluding hydrogens is 196 g/mol. The van der Waals surface area contributed by atoms with Crippen molar-refractivity contribution in [3.63, 3.8) is 0 Å². The van der Waals surface area contributed by atoms with Gasteiger partial charge in [0.05, 0.1) is 6.20 Å². The lowest BCUT2D eigenvalue weighted by Gasteiger charge is -2.04. The molecule has 0 fully saturated rings. The van der Waals surface area contributed by atoms with Gasteiger partial charge in [-0.1, -0.05) is 0 Å². The van der Waals surface area contributed by atoms with Gasteiger partial charge in [0.15, 0.2) is 0 Å². The first kappa shape index (κ1) is 11.5. The van der Waals surface area contributed by atoms with Crippen LogP contribution in [0.4, 0.5) is 11.6 Å². The molecule has 84 valence electrons. The average molecular weight is 212 g/mol. The highest BCUT2D eigenvalue weighted by Crippen LogP contribution is 1.95. The second-order valence-corrected chi connectivity index (χ2v) is 2.99. The van der Waals surface area contributed by atoms with Gasteiger partial charge in [-0.25, -0.2) is 4.98 Å². The molecule has 1 aromatic rings. The highest BCUT2D eigenvalue weighted by molar-refractivity contribution is 5.35. The third-order valence-corrected chi connectivity index (χ3v) is 1.79. The molecule has 1 aromatic heterocycles. The maximum absolute atomic E-state index is 11.1. The molecule has 0 spiro atoms. The predicted molar refractivity (Wildman–Crippen MR) is 58.9 cm³/mol. The van der Waals surface area contributed by atoms with Gasteiger partial charge in [0.1, 0.15) is 5.69 Å². The number of aromatic nitrogens is 2. The Morgan fingerprint density at radius 3 is 3.13 bits per heavy atom. The van der Waals surface area contributed by atoms with Gasteiger partial charge in [0, 0.05) is 19.8 Å². The number of rotatable bonds is 6. The van der Waals surface area contributed by atoms with Crippen LogP contribution in [-0.2, 0) is 4.74 Å². The van der Waals surface area contributed by atoms with Gasteiger partial charge in [-0.2, -0.15) is 0 Å². The molecule has 1 heterocycles. The standard InChI is InChI=1S/C9H16N4O2/c1-2-15-5-3-4-11-9-12-6-7(10)8(14)13-9/h6H,2-5,10H2,1H3,(H2,11,12,13,14). The third kappa shape index (κ3) is 3.99. The molecule has 0 atom stereocenters. The fourth-order valence-corrected chi connectivity index (χ4v) is 1.02. The zero-order valence-corrected chi connectivity index (χ0v) is 8.75. The highest BCUT2D eigenvalue weighted by Gasteiger charge is 1.97. The van der Waals surface area contributed by atoms with Crippen LogP contribution in [0.3, 0.4) is 0 Å². The lowest BCUT2D eigenvalue weighted by molar-refractivity contribution is 0.147. The fourth-order valence-electron chi connectivity index (χ4n) is 1.02. The molecule has 0 aromatic carbocycles. The Morgan fingerprint density at radius 2 is 2.47 bits per heavy atom. The quantitative estimate of drug-likeness (QED) is 0.585. The van der Waals surface area contributed by atoms with E-state index < -0.39 is 0 Å². The summed E-state index contributed by atoms with van der Waals surface area (Å²) in [6, 6.07) is 0. The number of nitrogens with zero attached hydrogens (tertiary/aromatic N) is 1. The summed E-state index contributed by atoms with van der Waals surface area (Å²) >= 11 is 0. The number of H-pyrrole nitrogens is 1. The molecule has 6 heteroatoms. The Kier molecular flexibility index (Phi) is 4.62. The fraction of sp³-hybridized carbons (Fsp3) is 0.556. The normalized spacial score (nSPS) is 10.2. The molecule has 0 radical (unpaired) electrons. The minimum absolute atomic E-state index is 0.120. The Balaban J connectivity index is 2.32. The third-order valence-electron chi connectivity index (χ3n) is 1.79. The molecule has 0 aliphatic carbocycles. The van der Waals surface area contributed by atoms with E-state index in [4.69, 9.17) is 10.5 Å². The first-order valence-electron chi connectivity index (χ1n) is 4.90. The van der Waals surface area contributed by atoms with E-state index in [0.717, 1.165) is 13.0 Å². The summed E-state index contributed by atoms with van der Waals surface area (Å²) in [6.45, 7) is 4.07.